The average Bonchev–Trinajstić information content (AvgIpc) is 2.46. The summed E-state index contributed by atoms with van der Waals surface area (Å²) in [5.74, 6) is 2.17. The van der Waals surface area contributed by atoms with Crippen molar-refractivity contribution in [2.75, 3.05) is 38.8 Å². The first-order valence-corrected chi connectivity index (χ1v) is 7.82. The van der Waals surface area contributed by atoms with Crippen LogP contribution >= 0.6 is 11.6 Å². The van der Waals surface area contributed by atoms with Crippen LogP contribution in [0.3, 0.4) is 0 Å². The van der Waals surface area contributed by atoms with Gasteiger partial charge in [-0.05, 0) is 12.3 Å². The highest BCUT2D eigenvalue weighted by Gasteiger charge is 2.23. The number of ether oxygens (including phenoxy) is 2. The molecule has 0 saturated carbocycles. The molecule has 0 aromatic heterocycles. The van der Waals surface area contributed by atoms with Gasteiger partial charge in [0.2, 0.25) is 0 Å². The van der Waals surface area contributed by atoms with Gasteiger partial charge in [0.05, 0.1) is 24.9 Å². The van der Waals surface area contributed by atoms with Crippen LogP contribution in [0, 0.1) is 5.92 Å². The van der Waals surface area contributed by atoms with E-state index in [1.807, 2.05) is 12.1 Å². The minimum absolute atomic E-state index is 0.505. The van der Waals surface area contributed by atoms with Gasteiger partial charge in [0.15, 0.2) is 0 Å². The molecule has 0 aliphatic carbocycles. The average molecular weight is 313 g/mol. The van der Waals surface area contributed by atoms with Crippen LogP contribution in [0.15, 0.2) is 12.1 Å². The smallest absolute Gasteiger partial charge is 0.143 e. The van der Waals surface area contributed by atoms with Crippen LogP contribution in [0.2, 0.25) is 5.02 Å². The van der Waals surface area contributed by atoms with E-state index in [1.165, 1.54) is 6.42 Å². The number of piperazine rings is 1. The van der Waals surface area contributed by atoms with Crippen molar-refractivity contribution in [2.24, 2.45) is 5.92 Å². The highest BCUT2D eigenvalue weighted by atomic mass is 35.5. The van der Waals surface area contributed by atoms with Gasteiger partial charge in [-0.3, -0.25) is 0 Å². The number of halogens is 1. The molecule has 1 saturated heterocycles. The Morgan fingerprint density at radius 1 is 1.29 bits per heavy atom. The van der Waals surface area contributed by atoms with Gasteiger partial charge in [-0.1, -0.05) is 25.4 Å². The SMILES string of the molecule is COc1cc(N2CCNC(CC(C)C)C2)c(OC)cc1Cl. The molecule has 1 aliphatic heterocycles. The van der Waals surface area contributed by atoms with E-state index in [9.17, 15) is 0 Å². The molecule has 2 rings (SSSR count). The van der Waals surface area contributed by atoms with Crippen molar-refractivity contribution in [2.45, 2.75) is 26.3 Å². The van der Waals surface area contributed by atoms with Crippen LogP contribution in [0.1, 0.15) is 20.3 Å². The highest BCUT2D eigenvalue weighted by Crippen LogP contribution is 2.38. The molecule has 1 fully saturated rings. The lowest BCUT2D eigenvalue weighted by atomic mass is 10.0. The summed E-state index contributed by atoms with van der Waals surface area (Å²) in [6, 6.07) is 4.30. The molecular weight excluding hydrogens is 288 g/mol. The summed E-state index contributed by atoms with van der Waals surface area (Å²) in [5, 5.41) is 4.16. The molecule has 0 amide bonds. The minimum Gasteiger partial charge on any atom is -0.495 e. The summed E-state index contributed by atoms with van der Waals surface area (Å²) >= 11 is 6.18. The molecule has 0 radical (unpaired) electrons. The van der Waals surface area contributed by atoms with Crippen LogP contribution in [0.4, 0.5) is 5.69 Å². The zero-order valence-electron chi connectivity index (χ0n) is 13.3. The zero-order chi connectivity index (χ0) is 15.4. The highest BCUT2D eigenvalue weighted by molar-refractivity contribution is 6.32. The Kier molecular flexibility index (Phi) is 5.59. The zero-order valence-corrected chi connectivity index (χ0v) is 14.0. The van der Waals surface area contributed by atoms with Gasteiger partial charge in [-0.15, -0.1) is 0 Å². The third-order valence-electron chi connectivity index (χ3n) is 3.81. The van der Waals surface area contributed by atoms with E-state index >= 15 is 0 Å². The summed E-state index contributed by atoms with van der Waals surface area (Å²) in [4.78, 5) is 2.35. The van der Waals surface area contributed by atoms with E-state index in [4.69, 9.17) is 21.1 Å². The van der Waals surface area contributed by atoms with Crippen molar-refractivity contribution in [3.8, 4) is 11.5 Å². The lowest BCUT2D eigenvalue weighted by Gasteiger charge is -2.36. The number of rotatable bonds is 5. The third kappa shape index (κ3) is 3.95. The molecule has 1 N–H and O–H groups in total. The third-order valence-corrected chi connectivity index (χ3v) is 4.10. The number of nitrogens with one attached hydrogen (secondary N) is 1. The summed E-state index contributed by atoms with van der Waals surface area (Å²) < 4.78 is 10.8. The predicted octanol–water partition coefficient (Wildman–Crippen LogP) is 3.18. The molecule has 5 heteroatoms. The first-order valence-electron chi connectivity index (χ1n) is 7.45. The van der Waals surface area contributed by atoms with Gasteiger partial charge in [0.25, 0.3) is 0 Å². The Morgan fingerprint density at radius 2 is 2.00 bits per heavy atom. The molecule has 4 nitrogen and oxygen atoms in total. The van der Waals surface area contributed by atoms with Crippen molar-refractivity contribution < 1.29 is 9.47 Å². The molecule has 1 aromatic carbocycles. The summed E-state index contributed by atoms with van der Waals surface area (Å²) in [6.45, 7) is 7.42. The molecule has 1 heterocycles. The second kappa shape index (κ2) is 7.23. The van der Waals surface area contributed by atoms with Crippen LogP contribution in [0.5, 0.6) is 11.5 Å². The number of methoxy groups -OCH3 is 2. The second-order valence-corrected chi connectivity index (χ2v) is 6.29. The van der Waals surface area contributed by atoms with E-state index in [0.29, 0.717) is 22.7 Å². The van der Waals surface area contributed by atoms with Crippen molar-refractivity contribution in [1.82, 2.24) is 5.32 Å². The second-order valence-electron chi connectivity index (χ2n) is 5.89. The van der Waals surface area contributed by atoms with Crippen LogP contribution in [-0.2, 0) is 0 Å². The number of nitrogens with zero attached hydrogens (tertiary/aromatic N) is 1. The van der Waals surface area contributed by atoms with E-state index in [-0.39, 0.29) is 0 Å². The maximum Gasteiger partial charge on any atom is 0.143 e. The number of anilines is 1. The van der Waals surface area contributed by atoms with E-state index in [0.717, 1.165) is 31.1 Å². The Bertz CT molecular complexity index is 480. The monoisotopic (exact) mass is 312 g/mol. The van der Waals surface area contributed by atoms with Crippen molar-refractivity contribution >= 4 is 17.3 Å². The fourth-order valence-corrected chi connectivity index (χ4v) is 3.09. The molecule has 118 valence electrons. The van der Waals surface area contributed by atoms with Gasteiger partial charge in [-0.2, -0.15) is 0 Å². The number of benzene rings is 1. The predicted molar refractivity (Wildman–Crippen MR) is 88.0 cm³/mol. The van der Waals surface area contributed by atoms with Gasteiger partial charge in [0.1, 0.15) is 11.5 Å². The summed E-state index contributed by atoms with van der Waals surface area (Å²) in [6.07, 6.45) is 1.17. The molecule has 21 heavy (non-hydrogen) atoms. The van der Waals surface area contributed by atoms with Gasteiger partial charge in [0, 0.05) is 37.8 Å². The van der Waals surface area contributed by atoms with Crippen LogP contribution in [-0.4, -0.2) is 39.9 Å². The first-order chi connectivity index (χ1) is 10.0. The molecule has 1 unspecified atom stereocenters. The Labute approximate surface area is 132 Å². The fraction of sp³-hybridized carbons (Fsp3) is 0.625. The van der Waals surface area contributed by atoms with Crippen LogP contribution < -0.4 is 19.7 Å². The van der Waals surface area contributed by atoms with E-state index in [1.54, 1.807) is 14.2 Å². The maximum atomic E-state index is 6.18. The summed E-state index contributed by atoms with van der Waals surface area (Å²) in [7, 11) is 3.31. The van der Waals surface area contributed by atoms with Gasteiger partial charge in [-0.25, -0.2) is 0 Å². The topological polar surface area (TPSA) is 33.7 Å². The van der Waals surface area contributed by atoms with E-state index in [2.05, 4.69) is 24.1 Å². The number of hydrogen-bond donors (Lipinski definition) is 1. The Balaban J connectivity index is 2.23. The lowest BCUT2D eigenvalue weighted by Crippen LogP contribution is -2.51. The lowest BCUT2D eigenvalue weighted by molar-refractivity contribution is 0.378. The van der Waals surface area contributed by atoms with Crippen molar-refractivity contribution in [1.29, 1.82) is 0 Å². The Hall–Kier alpha value is -1.13. The summed E-state index contributed by atoms with van der Waals surface area (Å²) in [5.41, 5.74) is 1.05. The fourth-order valence-electron chi connectivity index (χ4n) is 2.86. The minimum atomic E-state index is 0.505. The molecule has 0 bridgehead atoms. The van der Waals surface area contributed by atoms with Gasteiger partial charge < -0.3 is 19.7 Å². The maximum absolute atomic E-state index is 6.18. The number of hydrogen-bond acceptors (Lipinski definition) is 4. The normalized spacial score (nSPS) is 19.0. The largest absolute Gasteiger partial charge is 0.495 e. The van der Waals surface area contributed by atoms with E-state index < -0.39 is 0 Å². The first kappa shape index (κ1) is 16.2. The van der Waals surface area contributed by atoms with Crippen molar-refractivity contribution in [3.63, 3.8) is 0 Å². The Morgan fingerprint density at radius 3 is 2.62 bits per heavy atom. The molecule has 1 aromatic rings. The molecular formula is C16H25ClN2O2. The molecule has 0 spiro atoms. The molecule has 1 aliphatic rings. The quantitative estimate of drug-likeness (QED) is 0.905. The standard InChI is InChI=1S/C16H25ClN2O2/c1-11(2)7-12-10-19(6-5-18-12)14-9-15(20-3)13(17)8-16(14)21-4/h8-9,11-12,18H,5-7,10H2,1-4H3. The van der Waals surface area contributed by atoms with Crippen molar-refractivity contribution in [3.05, 3.63) is 17.2 Å². The van der Waals surface area contributed by atoms with Crippen LogP contribution in [0.25, 0.3) is 0 Å². The van der Waals surface area contributed by atoms with Gasteiger partial charge >= 0.3 is 0 Å². The molecule has 1 atom stereocenters.